The lowest BCUT2D eigenvalue weighted by atomic mass is 10.0. The molecule has 0 saturated carbocycles. The van der Waals surface area contributed by atoms with Crippen molar-refractivity contribution in [3.8, 4) is 0 Å². The number of rotatable bonds is 4. The van der Waals surface area contributed by atoms with Crippen LogP contribution in [0.1, 0.15) is 38.3 Å². The molecule has 0 radical (unpaired) electrons. The second kappa shape index (κ2) is 6.24. The zero-order valence-electron chi connectivity index (χ0n) is 11.3. The number of hydrogen-bond donors (Lipinski definition) is 0. The van der Waals surface area contributed by atoms with E-state index in [0.717, 1.165) is 6.42 Å². The summed E-state index contributed by atoms with van der Waals surface area (Å²) in [5.74, 6) is 0.162. The Bertz CT molecular complexity index is 460. The summed E-state index contributed by atoms with van der Waals surface area (Å²) in [4.78, 5) is 25.2. The van der Waals surface area contributed by atoms with Gasteiger partial charge in [-0.3, -0.25) is 9.59 Å². The van der Waals surface area contributed by atoms with E-state index in [1.165, 1.54) is 17.3 Å². The number of amides is 1. The predicted molar refractivity (Wildman–Crippen MR) is 77.9 cm³/mol. The zero-order chi connectivity index (χ0) is 13.8. The van der Waals surface area contributed by atoms with Crippen molar-refractivity contribution in [1.82, 2.24) is 4.90 Å². The average Bonchev–Trinajstić information content (AvgIpc) is 2.72. The van der Waals surface area contributed by atoms with Gasteiger partial charge in [0, 0.05) is 25.1 Å². The highest BCUT2D eigenvalue weighted by Gasteiger charge is 2.35. The lowest BCUT2D eigenvalue weighted by molar-refractivity contribution is -0.129. The van der Waals surface area contributed by atoms with Crippen LogP contribution in [-0.2, 0) is 9.59 Å². The summed E-state index contributed by atoms with van der Waals surface area (Å²) in [5, 5.41) is 0.204. The Morgan fingerprint density at radius 3 is 2.68 bits per heavy atom. The number of benzene rings is 1. The molecule has 0 aliphatic carbocycles. The zero-order valence-corrected chi connectivity index (χ0v) is 12.2. The second-order valence-electron chi connectivity index (χ2n) is 4.82. The summed E-state index contributed by atoms with van der Waals surface area (Å²) >= 11 is 1.29. The third-order valence-electron chi connectivity index (χ3n) is 3.40. The van der Waals surface area contributed by atoms with Gasteiger partial charge in [-0.05, 0) is 12.0 Å². The lowest BCUT2D eigenvalue weighted by Gasteiger charge is -2.27. The van der Waals surface area contributed by atoms with E-state index < -0.39 is 0 Å². The van der Waals surface area contributed by atoms with Crippen molar-refractivity contribution < 1.29 is 9.59 Å². The van der Waals surface area contributed by atoms with Gasteiger partial charge >= 0.3 is 0 Å². The first-order valence-electron chi connectivity index (χ1n) is 6.63. The molecule has 1 heterocycles. The smallest absolute Gasteiger partial charge is 0.224 e. The Morgan fingerprint density at radius 1 is 1.42 bits per heavy atom. The van der Waals surface area contributed by atoms with Gasteiger partial charge in [0.05, 0.1) is 6.04 Å². The Morgan fingerprint density at radius 2 is 2.11 bits per heavy atom. The number of nitrogens with zero attached hydrogens (tertiary/aromatic N) is 1. The number of carbonyl (C=O) groups excluding carboxylic acids is 2. The van der Waals surface area contributed by atoms with E-state index in [2.05, 4.69) is 19.1 Å². The maximum Gasteiger partial charge on any atom is 0.224 e. The van der Waals surface area contributed by atoms with E-state index in [9.17, 15) is 9.59 Å². The van der Waals surface area contributed by atoms with Crippen molar-refractivity contribution in [3.63, 3.8) is 0 Å². The van der Waals surface area contributed by atoms with Crippen LogP contribution in [0.25, 0.3) is 0 Å². The standard InChI is InChI=1S/C15H19NO2S/c1-3-14(12-7-5-4-6-8-12)16-10-13(9-15(16)18)19-11(2)17/h4-8,13-14H,3,9-10H2,1-2H3/t13?,14-/m0/s1. The normalized spacial score (nSPS) is 20.6. The topological polar surface area (TPSA) is 37.4 Å². The lowest BCUT2D eigenvalue weighted by Crippen LogP contribution is -2.30. The Balaban J connectivity index is 2.12. The van der Waals surface area contributed by atoms with E-state index in [1.807, 2.05) is 23.1 Å². The highest BCUT2D eigenvalue weighted by molar-refractivity contribution is 8.14. The van der Waals surface area contributed by atoms with Gasteiger partial charge in [0.2, 0.25) is 5.91 Å². The summed E-state index contributed by atoms with van der Waals surface area (Å²) in [5.41, 5.74) is 1.17. The van der Waals surface area contributed by atoms with Crippen LogP contribution in [0, 0.1) is 0 Å². The van der Waals surface area contributed by atoms with Crippen LogP contribution in [0.5, 0.6) is 0 Å². The first-order valence-corrected chi connectivity index (χ1v) is 7.51. The van der Waals surface area contributed by atoms with Gasteiger partial charge in [0.1, 0.15) is 0 Å². The molecule has 1 aliphatic heterocycles. The molecule has 2 atom stereocenters. The van der Waals surface area contributed by atoms with Crippen molar-refractivity contribution in [3.05, 3.63) is 35.9 Å². The number of hydrogen-bond acceptors (Lipinski definition) is 3. The quantitative estimate of drug-likeness (QED) is 0.849. The SMILES string of the molecule is CC[C@@H](c1ccccc1)N1CC(SC(C)=O)CC1=O. The molecular weight excluding hydrogens is 258 g/mol. The molecule has 1 aromatic carbocycles. The van der Waals surface area contributed by atoms with Crippen LogP contribution in [0.15, 0.2) is 30.3 Å². The molecule has 3 nitrogen and oxygen atoms in total. The van der Waals surface area contributed by atoms with Crippen molar-refractivity contribution >= 4 is 22.8 Å². The van der Waals surface area contributed by atoms with Gasteiger partial charge in [0.15, 0.2) is 5.12 Å². The van der Waals surface area contributed by atoms with Crippen molar-refractivity contribution in [2.24, 2.45) is 0 Å². The van der Waals surface area contributed by atoms with Gasteiger partial charge in [-0.2, -0.15) is 0 Å². The van der Waals surface area contributed by atoms with Crippen LogP contribution < -0.4 is 0 Å². The Labute approximate surface area is 118 Å². The third-order valence-corrected chi connectivity index (χ3v) is 4.38. The van der Waals surface area contributed by atoms with Gasteiger partial charge in [-0.1, -0.05) is 49.0 Å². The average molecular weight is 277 g/mol. The molecule has 102 valence electrons. The first-order chi connectivity index (χ1) is 9.11. The highest BCUT2D eigenvalue weighted by atomic mass is 32.2. The molecule has 1 amide bonds. The molecule has 0 spiro atoms. The predicted octanol–water partition coefficient (Wildman–Crippen LogP) is 3.02. The van der Waals surface area contributed by atoms with Crippen molar-refractivity contribution in [2.45, 2.75) is 38.0 Å². The molecule has 1 aromatic rings. The fourth-order valence-corrected chi connectivity index (χ4v) is 3.55. The first kappa shape index (κ1) is 14.1. The number of likely N-dealkylation sites (tertiary alicyclic amines) is 1. The molecule has 2 rings (SSSR count). The van der Waals surface area contributed by atoms with Gasteiger partial charge in [-0.15, -0.1) is 0 Å². The molecule has 0 N–H and O–H groups in total. The maximum atomic E-state index is 12.1. The molecule has 1 fully saturated rings. The fraction of sp³-hybridized carbons (Fsp3) is 0.467. The minimum atomic E-state index is 0.0902. The van der Waals surface area contributed by atoms with E-state index >= 15 is 0 Å². The van der Waals surface area contributed by atoms with Crippen LogP contribution in [-0.4, -0.2) is 27.7 Å². The fourth-order valence-electron chi connectivity index (χ4n) is 2.62. The van der Waals surface area contributed by atoms with Crippen LogP contribution in [0.3, 0.4) is 0 Å². The summed E-state index contributed by atoms with van der Waals surface area (Å²) < 4.78 is 0. The number of carbonyl (C=O) groups is 2. The van der Waals surface area contributed by atoms with Crippen LogP contribution in [0.2, 0.25) is 0 Å². The summed E-state index contributed by atoms with van der Waals surface area (Å²) in [6.45, 7) is 4.33. The molecule has 1 aliphatic rings. The minimum Gasteiger partial charge on any atom is -0.334 e. The largest absolute Gasteiger partial charge is 0.334 e. The molecule has 19 heavy (non-hydrogen) atoms. The summed E-state index contributed by atoms with van der Waals surface area (Å²) in [6, 6.07) is 10.2. The summed E-state index contributed by atoms with van der Waals surface area (Å²) in [7, 11) is 0. The van der Waals surface area contributed by atoms with Gasteiger partial charge < -0.3 is 4.90 Å². The molecule has 1 unspecified atom stereocenters. The highest BCUT2D eigenvalue weighted by Crippen LogP contribution is 2.32. The van der Waals surface area contributed by atoms with Crippen molar-refractivity contribution in [2.75, 3.05) is 6.54 Å². The monoisotopic (exact) mass is 277 g/mol. The second-order valence-corrected chi connectivity index (χ2v) is 6.29. The molecule has 0 aromatic heterocycles. The molecule has 4 heteroatoms. The van der Waals surface area contributed by atoms with Crippen LogP contribution >= 0.6 is 11.8 Å². The minimum absolute atomic E-state index is 0.0902. The van der Waals surface area contributed by atoms with Gasteiger partial charge in [-0.25, -0.2) is 0 Å². The molecular formula is C15H19NO2S. The maximum absolute atomic E-state index is 12.1. The summed E-state index contributed by atoms with van der Waals surface area (Å²) in [6.07, 6.45) is 1.38. The number of thioether (sulfide) groups is 1. The van der Waals surface area contributed by atoms with E-state index in [4.69, 9.17) is 0 Å². The molecule has 1 saturated heterocycles. The van der Waals surface area contributed by atoms with Gasteiger partial charge in [0.25, 0.3) is 0 Å². The van der Waals surface area contributed by atoms with Crippen LogP contribution in [0.4, 0.5) is 0 Å². The Hall–Kier alpha value is -1.29. The Kier molecular flexibility index (Phi) is 4.64. The molecule has 0 bridgehead atoms. The third kappa shape index (κ3) is 3.38. The van der Waals surface area contributed by atoms with E-state index in [0.29, 0.717) is 13.0 Å². The van der Waals surface area contributed by atoms with Crippen molar-refractivity contribution in [1.29, 1.82) is 0 Å². The van der Waals surface area contributed by atoms with E-state index in [-0.39, 0.29) is 22.3 Å². The van der Waals surface area contributed by atoms with E-state index in [1.54, 1.807) is 6.92 Å².